The summed E-state index contributed by atoms with van der Waals surface area (Å²) in [5, 5.41) is 11.6. The number of amides is 1. The quantitative estimate of drug-likeness (QED) is 0.399. The minimum atomic E-state index is -0.425. The number of rotatable bonds is 7. The van der Waals surface area contributed by atoms with E-state index >= 15 is 0 Å². The lowest BCUT2D eigenvalue weighted by Gasteiger charge is -2.35. The van der Waals surface area contributed by atoms with Crippen LogP contribution in [0.5, 0.6) is 5.75 Å². The summed E-state index contributed by atoms with van der Waals surface area (Å²) in [6, 6.07) is 14.2. The van der Waals surface area contributed by atoms with E-state index in [1.54, 1.807) is 17.0 Å². The summed E-state index contributed by atoms with van der Waals surface area (Å²) < 4.78 is 5.61. The maximum Gasteiger partial charge on any atom is 0.294 e. The van der Waals surface area contributed by atoms with Gasteiger partial charge in [-0.2, -0.15) is 0 Å². The predicted octanol–water partition coefficient (Wildman–Crippen LogP) is 3.76. The maximum absolute atomic E-state index is 12.4. The van der Waals surface area contributed by atoms with E-state index in [0.717, 1.165) is 5.75 Å². The lowest BCUT2D eigenvalue weighted by atomic mass is 10.2. The third-order valence-electron chi connectivity index (χ3n) is 4.65. The normalized spacial score (nSPS) is 14.0. The van der Waals surface area contributed by atoms with E-state index in [0.29, 0.717) is 56.3 Å². The highest BCUT2D eigenvalue weighted by Crippen LogP contribution is 2.31. The van der Waals surface area contributed by atoms with Crippen molar-refractivity contribution in [1.29, 1.82) is 0 Å². The van der Waals surface area contributed by atoms with Gasteiger partial charge in [-0.25, -0.2) is 0 Å². The number of hydrogen-bond donors (Lipinski definition) is 0. The molecule has 2 aromatic carbocycles. The van der Waals surface area contributed by atoms with E-state index in [1.165, 1.54) is 6.07 Å². The van der Waals surface area contributed by atoms with Crippen molar-refractivity contribution in [2.75, 3.05) is 37.7 Å². The van der Waals surface area contributed by atoms with Crippen LogP contribution in [-0.4, -0.2) is 48.5 Å². The number of benzene rings is 2. The molecule has 1 aliphatic heterocycles. The molecule has 1 aliphatic rings. The Bertz CT molecular complexity index is 823. The highest BCUT2D eigenvalue weighted by molar-refractivity contribution is 6.30. The van der Waals surface area contributed by atoms with Crippen LogP contribution in [0.15, 0.2) is 48.5 Å². The molecule has 28 heavy (non-hydrogen) atoms. The molecule has 1 amide bonds. The van der Waals surface area contributed by atoms with Crippen molar-refractivity contribution in [2.24, 2.45) is 0 Å². The molecule has 0 N–H and O–H groups in total. The van der Waals surface area contributed by atoms with Crippen molar-refractivity contribution in [3.8, 4) is 5.75 Å². The van der Waals surface area contributed by atoms with E-state index in [1.807, 2.05) is 35.2 Å². The van der Waals surface area contributed by atoms with Gasteiger partial charge in [0.2, 0.25) is 5.91 Å². The Kier molecular flexibility index (Phi) is 6.71. The van der Waals surface area contributed by atoms with E-state index in [2.05, 4.69) is 0 Å². The van der Waals surface area contributed by atoms with Gasteiger partial charge in [0, 0.05) is 43.7 Å². The molecule has 1 fully saturated rings. The lowest BCUT2D eigenvalue weighted by Crippen LogP contribution is -2.49. The molecular formula is C20H22ClN3O4. The zero-order valence-electron chi connectivity index (χ0n) is 15.4. The van der Waals surface area contributed by atoms with Gasteiger partial charge in [0.05, 0.1) is 11.5 Å². The van der Waals surface area contributed by atoms with Crippen LogP contribution in [0.25, 0.3) is 0 Å². The first-order valence-corrected chi connectivity index (χ1v) is 9.57. The Hall–Kier alpha value is -2.80. The molecule has 0 bridgehead atoms. The number of nitrogens with zero attached hydrogens (tertiary/aromatic N) is 3. The average molecular weight is 404 g/mol. The third-order valence-corrected chi connectivity index (χ3v) is 4.89. The molecule has 1 heterocycles. The van der Waals surface area contributed by atoms with E-state index in [9.17, 15) is 14.9 Å². The Morgan fingerprint density at radius 2 is 1.82 bits per heavy atom. The molecule has 8 heteroatoms. The van der Waals surface area contributed by atoms with E-state index in [4.69, 9.17) is 16.3 Å². The van der Waals surface area contributed by atoms with Crippen molar-refractivity contribution in [1.82, 2.24) is 4.90 Å². The number of nitro groups is 1. The molecule has 148 valence electrons. The highest BCUT2D eigenvalue weighted by atomic mass is 35.5. The summed E-state index contributed by atoms with van der Waals surface area (Å²) in [6.07, 6.45) is 1.07. The van der Waals surface area contributed by atoms with Gasteiger partial charge in [0.1, 0.15) is 11.4 Å². The molecule has 1 saturated heterocycles. The predicted molar refractivity (Wildman–Crippen MR) is 108 cm³/mol. The zero-order chi connectivity index (χ0) is 19.9. The molecule has 0 unspecified atom stereocenters. The number of ether oxygens (including phenoxy) is 1. The number of halogens is 1. The Morgan fingerprint density at radius 3 is 2.50 bits per heavy atom. The fourth-order valence-corrected chi connectivity index (χ4v) is 3.36. The minimum absolute atomic E-state index is 0.00895. The molecule has 0 aromatic heterocycles. The summed E-state index contributed by atoms with van der Waals surface area (Å²) in [6.45, 7) is 2.67. The van der Waals surface area contributed by atoms with Gasteiger partial charge in [-0.05, 0) is 30.7 Å². The lowest BCUT2D eigenvalue weighted by molar-refractivity contribution is -0.384. The molecular weight excluding hydrogens is 382 g/mol. The summed E-state index contributed by atoms with van der Waals surface area (Å²) >= 11 is 5.88. The first-order valence-electron chi connectivity index (χ1n) is 9.19. The number of nitro benzene ring substituents is 1. The number of hydrogen-bond acceptors (Lipinski definition) is 5. The molecule has 7 nitrogen and oxygen atoms in total. The smallest absolute Gasteiger partial charge is 0.294 e. The molecule has 0 saturated carbocycles. The first kappa shape index (κ1) is 19.9. The number of carbonyl (C=O) groups excluding carboxylic acids is 1. The second-order valence-electron chi connectivity index (χ2n) is 6.52. The summed E-state index contributed by atoms with van der Waals surface area (Å²) in [5.41, 5.74) is 0.531. The van der Waals surface area contributed by atoms with Crippen LogP contribution in [0, 0.1) is 10.1 Å². The van der Waals surface area contributed by atoms with Crippen molar-refractivity contribution in [3.63, 3.8) is 0 Å². The molecule has 0 aliphatic carbocycles. The molecule has 2 aromatic rings. The van der Waals surface area contributed by atoms with Gasteiger partial charge in [-0.3, -0.25) is 14.9 Å². The number of piperazine rings is 1. The van der Waals surface area contributed by atoms with Crippen molar-refractivity contribution >= 4 is 28.9 Å². The van der Waals surface area contributed by atoms with Crippen molar-refractivity contribution in [3.05, 3.63) is 63.7 Å². The molecule has 3 rings (SSSR count). The monoisotopic (exact) mass is 403 g/mol. The number of para-hydroxylation sites is 1. The second kappa shape index (κ2) is 9.41. The Balaban J connectivity index is 1.46. The molecule has 0 spiro atoms. The van der Waals surface area contributed by atoms with Crippen molar-refractivity contribution < 1.29 is 14.5 Å². The topological polar surface area (TPSA) is 75.9 Å². The minimum Gasteiger partial charge on any atom is -0.494 e. The third kappa shape index (κ3) is 5.13. The standard InChI is InChI=1S/C20H22ClN3O4/c21-16-8-9-18(19(15-16)24(26)27)22-10-12-23(13-11-22)20(25)7-4-14-28-17-5-2-1-3-6-17/h1-3,5-6,8-9,15H,4,7,10-14H2. The average Bonchev–Trinajstić information content (AvgIpc) is 2.72. The van der Waals surface area contributed by atoms with Gasteiger partial charge < -0.3 is 14.5 Å². The van der Waals surface area contributed by atoms with Crippen LogP contribution in [0.2, 0.25) is 5.02 Å². The molecule has 0 atom stereocenters. The highest BCUT2D eigenvalue weighted by Gasteiger charge is 2.25. The van der Waals surface area contributed by atoms with Crippen LogP contribution < -0.4 is 9.64 Å². The molecule has 0 radical (unpaired) electrons. The first-order chi connectivity index (χ1) is 13.5. The van der Waals surface area contributed by atoms with E-state index in [-0.39, 0.29) is 11.6 Å². The van der Waals surface area contributed by atoms with Crippen LogP contribution in [-0.2, 0) is 4.79 Å². The van der Waals surface area contributed by atoms with Crippen LogP contribution >= 0.6 is 11.6 Å². The largest absolute Gasteiger partial charge is 0.494 e. The van der Waals surface area contributed by atoms with Crippen LogP contribution in [0.1, 0.15) is 12.8 Å². The van der Waals surface area contributed by atoms with Gasteiger partial charge >= 0.3 is 0 Å². The zero-order valence-corrected chi connectivity index (χ0v) is 16.2. The van der Waals surface area contributed by atoms with Crippen LogP contribution in [0.3, 0.4) is 0 Å². The summed E-state index contributed by atoms with van der Waals surface area (Å²) in [5.74, 6) is 0.884. The van der Waals surface area contributed by atoms with Gasteiger partial charge in [-0.15, -0.1) is 0 Å². The fourth-order valence-electron chi connectivity index (χ4n) is 3.20. The summed E-state index contributed by atoms with van der Waals surface area (Å²) in [4.78, 5) is 27.0. The van der Waals surface area contributed by atoms with E-state index < -0.39 is 4.92 Å². The van der Waals surface area contributed by atoms with Crippen LogP contribution in [0.4, 0.5) is 11.4 Å². The summed E-state index contributed by atoms with van der Waals surface area (Å²) in [7, 11) is 0. The van der Waals surface area contributed by atoms with Gasteiger partial charge in [0.25, 0.3) is 5.69 Å². The second-order valence-corrected chi connectivity index (χ2v) is 6.96. The number of anilines is 1. The fraction of sp³-hybridized carbons (Fsp3) is 0.350. The number of carbonyl (C=O) groups is 1. The van der Waals surface area contributed by atoms with Crippen molar-refractivity contribution in [2.45, 2.75) is 12.8 Å². The Morgan fingerprint density at radius 1 is 1.11 bits per heavy atom. The van der Waals surface area contributed by atoms with Gasteiger partial charge in [-0.1, -0.05) is 29.8 Å². The Labute approximate surface area is 168 Å². The maximum atomic E-state index is 12.4. The van der Waals surface area contributed by atoms with Gasteiger partial charge in [0.15, 0.2) is 0 Å². The SMILES string of the molecule is O=C(CCCOc1ccccc1)N1CCN(c2ccc(Cl)cc2[N+](=O)[O-])CC1.